The topological polar surface area (TPSA) is 64.5 Å². The Morgan fingerprint density at radius 2 is 0.768 bits per heavy atom. The Balaban J connectivity index is 0.906. The first-order chi connectivity index (χ1) is 27.7. The monoisotopic (exact) mass is 713 g/mol. The van der Waals surface area contributed by atoms with Crippen molar-refractivity contribution in [2.45, 2.75) is 0 Å². The van der Waals surface area contributed by atoms with Crippen LogP contribution >= 0.6 is 0 Å². The van der Waals surface area contributed by atoms with E-state index in [-0.39, 0.29) is 0 Å². The minimum absolute atomic E-state index is 0.903. The Morgan fingerprint density at radius 3 is 1.48 bits per heavy atom. The third kappa shape index (κ3) is 5.62. The van der Waals surface area contributed by atoms with E-state index >= 15 is 0 Å². The number of rotatable bonds is 5. The molecule has 6 aromatic carbocycles. The Bertz CT molecular complexity index is 3300. The molecule has 0 bridgehead atoms. The molecule has 0 unspecified atom stereocenters. The maximum Gasteiger partial charge on any atom is 0.0972 e. The molecule has 0 spiro atoms. The summed E-state index contributed by atoms with van der Waals surface area (Å²) in [6, 6.07) is 61.2. The molecule has 5 heteroatoms. The van der Waals surface area contributed by atoms with Gasteiger partial charge in [0.1, 0.15) is 0 Å². The van der Waals surface area contributed by atoms with Crippen molar-refractivity contribution in [1.82, 2.24) is 24.9 Å². The fraction of sp³-hybridized carbons (Fsp3) is 0. The molecule has 11 rings (SSSR count). The molecule has 0 atom stereocenters. The van der Waals surface area contributed by atoms with Gasteiger partial charge in [-0.3, -0.25) is 4.98 Å². The summed E-state index contributed by atoms with van der Waals surface area (Å²) in [7, 11) is 0. The van der Waals surface area contributed by atoms with Gasteiger partial charge in [-0.05, 0) is 52.9 Å². The van der Waals surface area contributed by atoms with Gasteiger partial charge in [0.05, 0.1) is 44.8 Å². The van der Waals surface area contributed by atoms with Crippen molar-refractivity contribution < 1.29 is 0 Å². The van der Waals surface area contributed by atoms with E-state index in [4.69, 9.17) is 19.9 Å². The molecule has 5 nitrogen and oxygen atoms in total. The summed E-state index contributed by atoms with van der Waals surface area (Å²) in [6.07, 6.45) is 3.80. The summed E-state index contributed by atoms with van der Waals surface area (Å²) in [5.74, 6) is 0. The van der Waals surface area contributed by atoms with Crippen LogP contribution in [0.15, 0.2) is 188 Å². The maximum atomic E-state index is 5.16. The van der Waals surface area contributed by atoms with Crippen LogP contribution in [0.4, 0.5) is 0 Å². The van der Waals surface area contributed by atoms with Gasteiger partial charge in [0.2, 0.25) is 0 Å². The molecule has 0 saturated carbocycles. The molecule has 11 aromatic rings. The molecular formula is C51H31N5. The fourth-order valence-corrected chi connectivity index (χ4v) is 7.74. The van der Waals surface area contributed by atoms with E-state index in [1.54, 1.807) is 0 Å². The maximum absolute atomic E-state index is 5.16. The molecule has 56 heavy (non-hydrogen) atoms. The predicted octanol–water partition coefficient (Wildman–Crippen LogP) is 12.8. The van der Waals surface area contributed by atoms with E-state index in [1.165, 1.54) is 0 Å². The van der Waals surface area contributed by atoms with Gasteiger partial charge in [0.15, 0.2) is 0 Å². The fourth-order valence-electron chi connectivity index (χ4n) is 7.74. The number of benzene rings is 6. The zero-order chi connectivity index (χ0) is 37.0. The van der Waals surface area contributed by atoms with Crippen molar-refractivity contribution in [3.05, 3.63) is 188 Å². The highest BCUT2D eigenvalue weighted by Gasteiger charge is 2.12. The third-order valence-corrected chi connectivity index (χ3v) is 10.7. The highest BCUT2D eigenvalue weighted by molar-refractivity contribution is 6.04. The second-order valence-corrected chi connectivity index (χ2v) is 14.2. The average molecular weight is 714 g/mol. The first-order valence-electron chi connectivity index (χ1n) is 18.7. The van der Waals surface area contributed by atoms with E-state index in [9.17, 15) is 0 Å². The van der Waals surface area contributed by atoms with Crippen LogP contribution in [0.3, 0.4) is 0 Å². The van der Waals surface area contributed by atoms with Crippen LogP contribution in [0.1, 0.15) is 0 Å². The van der Waals surface area contributed by atoms with Crippen LogP contribution in [-0.2, 0) is 0 Å². The normalized spacial score (nSPS) is 11.6. The van der Waals surface area contributed by atoms with Crippen LogP contribution in [-0.4, -0.2) is 24.9 Å². The lowest BCUT2D eigenvalue weighted by atomic mass is 10.00. The van der Waals surface area contributed by atoms with Gasteiger partial charge < -0.3 is 0 Å². The van der Waals surface area contributed by atoms with Crippen molar-refractivity contribution in [1.29, 1.82) is 0 Å². The van der Waals surface area contributed by atoms with E-state index < -0.39 is 0 Å². The molecule has 260 valence electrons. The Labute approximate surface area is 322 Å². The molecule has 0 aliphatic rings. The number of nitrogens with zero attached hydrogens (tertiary/aromatic N) is 5. The summed E-state index contributed by atoms with van der Waals surface area (Å²) in [5.41, 5.74) is 13.8. The van der Waals surface area contributed by atoms with Gasteiger partial charge in [0, 0.05) is 61.6 Å². The number of hydrogen-bond acceptors (Lipinski definition) is 5. The van der Waals surface area contributed by atoms with Crippen LogP contribution < -0.4 is 0 Å². The van der Waals surface area contributed by atoms with E-state index in [0.29, 0.717) is 0 Å². The lowest BCUT2D eigenvalue weighted by Crippen LogP contribution is -1.91. The number of aromatic nitrogens is 5. The molecule has 0 amide bonds. The summed E-state index contributed by atoms with van der Waals surface area (Å²) in [6.45, 7) is 0. The van der Waals surface area contributed by atoms with Crippen molar-refractivity contribution in [3.8, 4) is 56.2 Å². The van der Waals surface area contributed by atoms with Crippen molar-refractivity contribution >= 4 is 54.4 Å². The van der Waals surface area contributed by atoms with Crippen molar-refractivity contribution in [3.63, 3.8) is 0 Å². The second-order valence-electron chi connectivity index (χ2n) is 14.2. The molecule has 0 radical (unpaired) electrons. The zero-order valence-corrected chi connectivity index (χ0v) is 30.1. The quantitative estimate of drug-likeness (QED) is 0.166. The standard InChI is InChI=1S/C51H31N5/c1-2-6-33(7-3-1)44-25-22-37-16-17-38-23-26-45(56-51(38)50(37)55-44)34-12-10-32(11-13-34)39-18-14-35-20-24-46(53-48(35)28-39)40-19-15-36-21-27-47(54-49(36)29-40)43-31-52-30-41-8-4-5-9-42(41)43/h1-31H. The minimum Gasteiger partial charge on any atom is -0.263 e. The number of fused-ring (bicyclic) bond motifs is 6. The molecule has 0 aliphatic heterocycles. The predicted molar refractivity (Wildman–Crippen MR) is 230 cm³/mol. The van der Waals surface area contributed by atoms with E-state index in [0.717, 1.165) is 111 Å². The lowest BCUT2D eigenvalue weighted by Gasteiger charge is -2.10. The molecule has 5 aromatic heterocycles. The highest BCUT2D eigenvalue weighted by atomic mass is 14.8. The van der Waals surface area contributed by atoms with Crippen LogP contribution in [0.2, 0.25) is 0 Å². The van der Waals surface area contributed by atoms with Gasteiger partial charge >= 0.3 is 0 Å². The molecule has 0 saturated heterocycles. The molecule has 0 fully saturated rings. The third-order valence-electron chi connectivity index (χ3n) is 10.7. The molecular weight excluding hydrogens is 683 g/mol. The average Bonchev–Trinajstić information content (AvgIpc) is 3.28. The first-order valence-corrected chi connectivity index (χ1v) is 18.7. The van der Waals surface area contributed by atoms with Crippen LogP contribution in [0.5, 0.6) is 0 Å². The highest BCUT2D eigenvalue weighted by Crippen LogP contribution is 2.33. The summed E-state index contributed by atoms with van der Waals surface area (Å²) in [5, 5.41) is 6.56. The summed E-state index contributed by atoms with van der Waals surface area (Å²) >= 11 is 0. The SMILES string of the molecule is c1ccc(-c2ccc3ccc4ccc(-c5ccc(-c6ccc7ccc(-c8ccc9ccc(-c%10cncc%11ccccc%10%11)nc9c8)nc7c6)cc5)nc4c3n2)cc1. The van der Waals surface area contributed by atoms with Gasteiger partial charge in [-0.25, -0.2) is 19.9 Å². The number of hydrogen-bond donors (Lipinski definition) is 0. The Kier molecular flexibility index (Phi) is 7.42. The largest absolute Gasteiger partial charge is 0.263 e. The van der Waals surface area contributed by atoms with Crippen LogP contribution in [0, 0.1) is 0 Å². The molecule has 0 aliphatic carbocycles. The lowest BCUT2D eigenvalue weighted by molar-refractivity contribution is 1.33. The van der Waals surface area contributed by atoms with Crippen molar-refractivity contribution in [2.75, 3.05) is 0 Å². The second kappa shape index (κ2) is 13.0. The van der Waals surface area contributed by atoms with Gasteiger partial charge in [-0.1, -0.05) is 140 Å². The number of pyridine rings is 5. The van der Waals surface area contributed by atoms with Crippen molar-refractivity contribution in [2.24, 2.45) is 0 Å². The van der Waals surface area contributed by atoms with Gasteiger partial charge in [-0.15, -0.1) is 0 Å². The van der Waals surface area contributed by atoms with E-state index in [1.807, 2.05) is 36.7 Å². The molecule has 5 heterocycles. The van der Waals surface area contributed by atoms with E-state index in [2.05, 4.69) is 157 Å². The summed E-state index contributed by atoms with van der Waals surface area (Å²) < 4.78 is 0. The Hall–Kier alpha value is -7.63. The smallest absolute Gasteiger partial charge is 0.0972 e. The Morgan fingerprint density at radius 1 is 0.286 bits per heavy atom. The minimum atomic E-state index is 0.903. The molecule has 0 N–H and O–H groups in total. The summed E-state index contributed by atoms with van der Waals surface area (Å²) in [4.78, 5) is 25.0. The van der Waals surface area contributed by atoms with Gasteiger partial charge in [-0.2, -0.15) is 0 Å². The first kappa shape index (κ1) is 31.9. The van der Waals surface area contributed by atoms with Gasteiger partial charge in [0.25, 0.3) is 0 Å². The zero-order valence-electron chi connectivity index (χ0n) is 30.1. The van der Waals surface area contributed by atoms with Crippen LogP contribution in [0.25, 0.3) is 111 Å².